The number of benzene rings is 1. The van der Waals surface area contributed by atoms with Crippen LogP contribution in [0, 0.1) is 27.7 Å². The van der Waals surface area contributed by atoms with Crippen LogP contribution in [0.5, 0.6) is 0 Å². The number of nitrogens with one attached hydrogen (secondary N) is 1. The Morgan fingerprint density at radius 1 is 1.00 bits per heavy atom. The van der Waals surface area contributed by atoms with Gasteiger partial charge in [-0.05, 0) is 81.4 Å². The molecule has 16 heavy (non-hydrogen) atoms. The highest BCUT2D eigenvalue weighted by Crippen LogP contribution is 2.22. The molecule has 0 spiro atoms. The van der Waals surface area contributed by atoms with E-state index in [1.807, 2.05) is 0 Å². The summed E-state index contributed by atoms with van der Waals surface area (Å²) >= 11 is 0. The SMILES string of the molecule is CCNCCCc1c(C)c(C)cc(C)c1C. The molecule has 1 N–H and O–H groups in total. The molecule has 0 aliphatic carbocycles. The van der Waals surface area contributed by atoms with Gasteiger partial charge in [-0.15, -0.1) is 0 Å². The minimum Gasteiger partial charge on any atom is -0.317 e. The van der Waals surface area contributed by atoms with E-state index in [4.69, 9.17) is 0 Å². The molecule has 0 bridgehead atoms. The van der Waals surface area contributed by atoms with Gasteiger partial charge in [0, 0.05) is 0 Å². The summed E-state index contributed by atoms with van der Waals surface area (Å²) in [5.41, 5.74) is 7.40. The van der Waals surface area contributed by atoms with Crippen LogP contribution >= 0.6 is 0 Å². The highest BCUT2D eigenvalue weighted by molar-refractivity contribution is 5.44. The largest absolute Gasteiger partial charge is 0.317 e. The fourth-order valence-electron chi connectivity index (χ4n) is 2.24. The molecule has 0 amide bonds. The maximum Gasteiger partial charge on any atom is -0.00459 e. The zero-order valence-corrected chi connectivity index (χ0v) is 11.4. The molecule has 0 atom stereocenters. The molecule has 0 saturated carbocycles. The lowest BCUT2D eigenvalue weighted by Crippen LogP contribution is -2.15. The third-order valence-corrected chi connectivity index (χ3v) is 3.55. The first-order valence-corrected chi connectivity index (χ1v) is 6.35. The summed E-state index contributed by atoms with van der Waals surface area (Å²) in [7, 11) is 0. The number of rotatable bonds is 5. The summed E-state index contributed by atoms with van der Waals surface area (Å²) in [5.74, 6) is 0. The molecule has 0 fully saturated rings. The predicted octanol–water partition coefficient (Wildman–Crippen LogP) is 3.46. The first kappa shape index (κ1) is 13.2. The van der Waals surface area contributed by atoms with Crippen molar-refractivity contribution in [2.75, 3.05) is 13.1 Å². The van der Waals surface area contributed by atoms with Gasteiger partial charge < -0.3 is 5.32 Å². The molecular formula is C15H25N. The van der Waals surface area contributed by atoms with Crippen LogP contribution in [0.15, 0.2) is 6.07 Å². The predicted molar refractivity (Wildman–Crippen MR) is 72.3 cm³/mol. The number of aryl methyl sites for hydroxylation is 2. The van der Waals surface area contributed by atoms with Crippen molar-refractivity contribution in [1.82, 2.24) is 5.32 Å². The molecule has 0 aliphatic heterocycles. The molecule has 0 heterocycles. The second-order valence-corrected chi connectivity index (χ2v) is 4.70. The topological polar surface area (TPSA) is 12.0 Å². The molecular weight excluding hydrogens is 194 g/mol. The zero-order valence-electron chi connectivity index (χ0n) is 11.4. The number of hydrogen-bond donors (Lipinski definition) is 1. The summed E-state index contributed by atoms with van der Waals surface area (Å²) in [4.78, 5) is 0. The first-order chi connectivity index (χ1) is 7.57. The normalized spacial score (nSPS) is 10.8. The molecule has 0 aliphatic rings. The van der Waals surface area contributed by atoms with Crippen molar-refractivity contribution < 1.29 is 0 Å². The lowest BCUT2D eigenvalue weighted by molar-refractivity contribution is 0.670. The zero-order chi connectivity index (χ0) is 12.1. The molecule has 0 unspecified atom stereocenters. The molecule has 1 rings (SSSR count). The highest BCUT2D eigenvalue weighted by Gasteiger charge is 2.07. The maximum atomic E-state index is 3.39. The number of hydrogen-bond acceptors (Lipinski definition) is 1. The first-order valence-electron chi connectivity index (χ1n) is 6.35. The molecule has 90 valence electrons. The summed E-state index contributed by atoms with van der Waals surface area (Å²) in [6, 6.07) is 2.30. The van der Waals surface area contributed by atoms with Gasteiger partial charge in [-0.3, -0.25) is 0 Å². The minimum atomic E-state index is 1.07. The average molecular weight is 219 g/mol. The summed E-state index contributed by atoms with van der Waals surface area (Å²) in [6.45, 7) is 13.3. The van der Waals surface area contributed by atoms with E-state index >= 15 is 0 Å². The molecule has 0 aromatic heterocycles. The van der Waals surface area contributed by atoms with Gasteiger partial charge in [-0.25, -0.2) is 0 Å². The lowest BCUT2D eigenvalue weighted by atomic mass is 9.91. The van der Waals surface area contributed by atoms with E-state index in [-0.39, 0.29) is 0 Å². The Hall–Kier alpha value is -0.820. The molecule has 1 heteroatoms. The van der Waals surface area contributed by atoms with E-state index in [1.54, 1.807) is 5.56 Å². The van der Waals surface area contributed by atoms with E-state index in [9.17, 15) is 0 Å². The van der Waals surface area contributed by atoms with Crippen LogP contribution in [0.4, 0.5) is 0 Å². The van der Waals surface area contributed by atoms with Gasteiger partial charge in [-0.2, -0.15) is 0 Å². The molecule has 0 radical (unpaired) electrons. The van der Waals surface area contributed by atoms with Crippen molar-refractivity contribution in [2.24, 2.45) is 0 Å². The Balaban J connectivity index is 2.78. The Morgan fingerprint density at radius 2 is 1.56 bits per heavy atom. The standard InChI is InChI=1S/C15H25N/c1-6-16-9-7-8-15-13(4)11(2)10-12(3)14(15)5/h10,16H,6-9H2,1-5H3. The lowest BCUT2D eigenvalue weighted by Gasteiger charge is -2.15. The molecule has 0 saturated heterocycles. The fourth-order valence-corrected chi connectivity index (χ4v) is 2.24. The van der Waals surface area contributed by atoms with Crippen LogP contribution in [0.3, 0.4) is 0 Å². The van der Waals surface area contributed by atoms with E-state index in [0.717, 1.165) is 13.1 Å². The van der Waals surface area contributed by atoms with Crippen LogP contribution in [0.1, 0.15) is 41.2 Å². The Labute approximate surface area is 100 Å². The third-order valence-electron chi connectivity index (χ3n) is 3.55. The van der Waals surface area contributed by atoms with Gasteiger partial charge in [0.05, 0.1) is 0 Å². The Kier molecular flexibility index (Phi) is 5.01. The molecule has 1 aromatic carbocycles. The highest BCUT2D eigenvalue weighted by atomic mass is 14.8. The van der Waals surface area contributed by atoms with Crippen molar-refractivity contribution in [3.63, 3.8) is 0 Å². The van der Waals surface area contributed by atoms with Crippen LogP contribution in [0.2, 0.25) is 0 Å². The van der Waals surface area contributed by atoms with Gasteiger partial charge in [0.1, 0.15) is 0 Å². The van der Waals surface area contributed by atoms with Crippen molar-refractivity contribution in [3.05, 3.63) is 33.9 Å². The van der Waals surface area contributed by atoms with E-state index in [0.29, 0.717) is 0 Å². The van der Waals surface area contributed by atoms with Crippen molar-refractivity contribution in [2.45, 2.75) is 47.5 Å². The van der Waals surface area contributed by atoms with Crippen LogP contribution in [-0.4, -0.2) is 13.1 Å². The monoisotopic (exact) mass is 219 g/mol. The Bertz CT molecular complexity index is 327. The van der Waals surface area contributed by atoms with Crippen LogP contribution < -0.4 is 5.32 Å². The van der Waals surface area contributed by atoms with Crippen LogP contribution in [0.25, 0.3) is 0 Å². The van der Waals surface area contributed by atoms with Gasteiger partial charge in [-0.1, -0.05) is 13.0 Å². The van der Waals surface area contributed by atoms with Gasteiger partial charge in [0.25, 0.3) is 0 Å². The molecule has 1 aromatic rings. The molecule has 1 nitrogen and oxygen atoms in total. The van der Waals surface area contributed by atoms with Gasteiger partial charge in [0.2, 0.25) is 0 Å². The smallest absolute Gasteiger partial charge is 0.00459 e. The third kappa shape index (κ3) is 3.08. The van der Waals surface area contributed by atoms with Crippen LogP contribution in [-0.2, 0) is 6.42 Å². The van der Waals surface area contributed by atoms with Crippen molar-refractivity contribution in [3.8, 4) is 0 Å². The van der Waals surface area contributed by atoms with Gasteiger partial charge in [0.15, 0.2) is 0 Å². The minimum absolute atomic E-state index is 1.07. The van der Waals surface area contributed by atoms with Crippen molar-refractivity contribution >= 4 is 0 Å². The van der Waals surface area contributed by atoms with Gasteiger partial charge >= 0.3 is 0 Å². The average Bonchev–Trinajstić information content (AvgIpc) is 2.25. The second-order valence-electron chi connectivity index (χ2n) is 4.70. The summed E-state index contributed by atoms with van der Waals surface area (Å²) in [6.07, 6.45) is 2.44. The maximum absolute atomic E-state index is 3.39. The van der Waals surface area contributed by atoms with E-state index in [2.05, 4.69) is 46.0 Å². The van der Waals surface area contributed by atoms with Crippen molar-refractivity contribution in [1.29, 1.82) is 0 Å². The Morgan fingerprint density at radius 3 is 2.06 bits per heavy atom. The second kappa shape index (κ2) is 6.05. The summed E-state index contributed by atoms with van der Waals surface area (Å²) < 4.78 is 0. The summed E-state index contributed by atoms with van der Waals surface area (Å²) in [5, 5.41) is 3.39. The van der Waals surface area contributed by atoms with E-state index in [1.165, 1.54) is 35.1 Å². The van der Waals surface area contributed by atoms with E-state index < -0.39 is 0 Å². The fraction of sp³-hybridized carbons (Fsp3) is 0.600. The quantitative estimate of drug-likeness (QED) is 0.748.